The first kappa shape index (κ1) is 18.2. The van der Waals surface area contributed by atoms with Gasteiger partial charge in [-0.05, 0) is 62.6 Å². The van der Waals surface area contributed by atoms with Crippen LogP contribution in [0.4, 0.5) is 0 Å². The third kappa shape index (κ3) is 4.57. The minimum absolute atomic E-state index is 0.579. The summed E-state index contributed by atoms with van der Waals surface area (Å²) in [7, 11) is 0. The molecule has 0 aromatic heterocycles. The molecule has 1 aromatic rings. The molecule has 3 nitrogen and oxygen atoms in total. The summed E-state index contributed by atoms with van der Waals surface area (Å²) in [5.74, 6) is 0. The molecule has 1 saturated carbocycles. The Morgan fingerprint density at radius 2 is 1.81 bits per heavy atom. The van der Waals surface area contributed by atoms with Gasteiger partial charge in [-0.2, -0.15) is 0 Å². The monoisotopic (exact) mass is 355 g/mol. The van der Waals surface area contributed by atoms with E-state index in [1.165, 1.54) is 62.7 Å². The van der Waals surface area contributed by atoms with E-state index >= 15 is 0 Å². The summed E-state index contributed by atoms with van der Waals surface area (Å²) in [6.07, 6.45) is 12.7. The minimum Gasteiger partial charge on any atom is -0.389 e. The van der Waals surface area contributed by atoms with Crippen molar-refractivity contribution in [2.45, 2.75) is 69.4 Å². The van der Waals surface area contributed by atoms with Gasteiger partial charge in [-0.25, -0.2) is 0 Å². The van der Waals surface area contributed by atoms with Crippen LogP contribution in [-0.4, -0.2) is 48.0 Å². The van der Waals surface area contributed by atoms with E-state index in [1.54, 1.807) is 5.57 Å². The second-order valence-electron chi connectivity index (χ2n) is 8.53. The molecule has 0 atom stereocenters. The molecule has 0 amide bonds. The van der Waals surface area contributed by atoms with Crippen LogP contribution in [0.1, 0.15) is 62.5 Å². The normalized spacial score (nSPS) is 26.4. The van der Waals surface area contributed by atoms with Crippen molar-refractivity contribution in [3.8, 4) is 0 Å². The molecule has 1 N–H and O–H groups in total. The summed E-state index contributed by atoms with van der Waals surface area (Å²) in [6, 6.07) is 9.71. The Kier molecular flexibility index (Phi) is 5.78. The maximum absolute atomic E-state index is 10.7. The van der Waals surface area contributed by atoms with Crippen molar-refractivity contribution in [3.63, 3.8) is 0 Å². The van der Waals surface area contributed by atoms with Crippen molar-refractivity contribution >= 4 is 6.08 Å². The van der Waals surface area contributed by atoms with Gasteiger partial charge in [0, 0.05) is 32.2 Å². The molecular formula is C23H33NO2. The Balaban J connectivity index is 1.35. The maximum Gasteiger partial charge on any atom is 0.0731 e. The zero-order valence-corrected chi connectivity index (χ0v) is 16.0. The lowest BCUT2D eigenvalue weighted by atomic mass is 9.87. The summed E-state index contributed by atoms with van der Waals surface area (Å²) < 4.78 is 5.38. The molecule has 2 aliphatic heterocycles. The van der Waals surface area contributed by atoms with Crippen molar-refractivity contribution in [1.29, 1.82) is 0 Å². The fraction of sp³-hybridized carbons (Fsp3) is 0.652. The zero-order valence-electron chi connectivity index (χ0n) is 16.0. The van der Waals surface area contributed by atoms with Gasteiger partial charge in [0.25, 0.3) is 0 Å². The van der Waals surface area contributed by atoms with Gasteiger partial charge in [0.1, 0.15) is 0 Å². The van der Waals surface area contributed by atoms with Crippen molar-refractivity contribution in [2.75, 3.05) is 26.3 Å². The molecule has 2 heterocycles. The van der Waals surface area contributed by atoms with Crippen LogP contribution >= 0.6 is 0 Å². The Labute approximate surface area is 158 Å². The quantitative estimate of drug-likeness (QED) is 0.879. The Hall–Kier alpha value is -1.16. The van der Waals surface area contributed by atoms with Crippen LogP contribution in [0.2, 0.25) is 0 Å². The first-order valence-corrected chi connectivity index (χ1v) is 10.5. The summed E-state index contributed by atoms with van der Waals surface area (Å²) in [6.45, 7) is 3.88. The van der Waals surface area contributed by atoms with E-state index in [9.17, 15) is 5.11 Å². The molecule has 4 rings (SSSR count). The SMILES string of the molecule is OC1(Cc2ccc(C=C3CCCN(C4CCC4)CC3)cc2)CCOCC1. The van der Waals surface area contributed by atoms with Crippen LogP contribution in [0.25, 0.3) is 6.08 Å². The van der Waals surface area contributed by atoms with E-state index in [0.717, 1.165) is 25.3 Å². The zero-order chi connectivity index (χ0) is 17.8. The molecule has 1 aromatic carbocycles. The lowest BCUT2D eigenvalue weighted by Crippen LogP contribution is -2.40. The van der Waals surface area contributed by atoms with Crippen molar-refractivity contribution in [2.24, 2.45) is 0 Å². The van der Waals surface area contributed by atoms with E-state index in [0.29, 0.717) is 13.2 Å². The second kappa shape index (κ2) is 8.24. The molecule has 2 saturated heterocycles. The van der Waals surface area contributed by atoms with Gasteiger partial charge in [0.2, 0.25) is 0 Å². The Bertz CT molecular complexity index is 612. The third-order valence-electron chi connectivity index (χ3n) is 6.56. The third-order valence-corrected chi connectivity index (χ3v) is 6.56. The van der Waals surface area contributed by atoms with E-state index in [4.69, 9.17) is 4.74 Å². The highest BCUT2D eigenvalue weighted by atomic mass is 16.5. The average molecular weight is 356 g/mol. The highest BCUT2D eigenvalue weighted by Crippen LogP contribution is 2.29. The first-order valence-electron chi connectivity index (χ1n) is 10.5. The van der Waals surface area contributed by atoms with Gasteiger partial charge >= 0.3 is 0 Å². The van der Waals surface area contributed by atoms with E-state index in [1.807, 2.05) is 0 Å². The first-order chi connectivity index (χ1) is 12.7. The molecule has 142 valence electrons. The van der Waals surface area contributed by atoms with Crippen LogP contribution < -0.4 is 0 Å². The molecule has 1 aliphatic carbocycles. The smallest absolute Gasteiger partial charge is 0.0731 e. The van der Waals surface area contributed by atoms with Crippen LogP contribution in [0, 0.1) is 0 Å². The number of aliphatic hydroxyl groups is 1. The van der Waals surface area contributed by atoms with Crippen LogP contribution in [-0.2, 0) is 11.2 Å². The number of likely N-dealkylation sites (tertiary alicyclic amines) is 1. The van der Waals surface area contributed by atoms with Gasteiger partial charge in [-0.3, -0.25) is 0 Å². The highest BCUT2D eigenvalue weighted by Gasteiger charge is 2.30. The lowest BCUT2D eigenvalue weighted by Gasteiger charge is -2.36. The predicted molar refractivity (Wildman–Crippen MR) is 106 cm³/mol. The standard InChI is InChI=1S/C23H33NO2/c25-23(11-15-26-16-12-23)18-21-8-6-20(7-9-21)17-19-3-2-13-24(14-10-19)22-4-1-5-22/h6-9,17,22,25H,1-5,10-16,18H2. The number of hydrogen-bond acceptors (Lipinski definition) is 3. The van der Waals surface area contributed by atoms with Gasteiger partial charge in [0.05, 0.1) is 5.60 Å². The van der Waals surface area contributed by atoms with Gasteiger partial charge in [-0.1, -0.05) is 42.3 Å². The summed E-state index contributed by atoms with van der Waals surface area (Å²) in [4.78, 5) is 2.72. The second-order valence-corrected chi connectivity index (χ2v) is 8.53. The van der Waals surface area contributed by atoms with E-state index in [2.05, 4.69) is 35.2 Å². The van der Waals surface area contributed by atoms with Crippen molar-refractivity contribution in [1.82, 2.24) is 4.90 Å². The minimum atomic E-state index is -0.579. The fourth-order valence-electron chi connectivity index (χ4n) is 4.57. The van der Waals surface area contributed by atoms with E-state index in [-0.39, 0.29) is 0 Å². The van der Waals surface area contributed by atoms with Gasteiger partial charge in [0.15, 0.2) is 0 Å². The number of benzene rings is 1. The van der Waals surface area contributed by atoms with Crippen LogP contribution in [0.15, 0.2) is 29.8 Å². The van der Waals surface area contributed by atoms with Crippen LogP contribution in [0.5, 0.6) is 0 Å². The molecule has 0 bridgehead atoms. The summed E-state index contributed by atoms with van der Waals surface area (Å²) >= 11 is 0. The molecule has 0 radical (unpaired) electrons. The fourth-order valence-corrected chi connectivity index (χ4v) is 4.57. The van der Waals surface area contributed by atoms with E-state index < -0.39 is 5.60 Å². The largest absolute Gasteiger partial charge is 0.389 e. The van der Waals surface area contributed by atoms with Gasteiger partial charge in [-0.15, -0.1) is 0 Å². The summed E-state index contributed by atoms with van der Waals surface area (Å²) in [5, 5.41) is 10.7. The number of rotatable bonds is 4. The molecule has 3 aliphatic rings. The highest BCUT2D eigenvalue weighted by molar-refractivity contribution is 5.53. The molecule has 26 heavy (non-hydrogen) atoms. The van der Waals surface area contributed by atoms with Crippen molar-refractivity contribution in [3.05, 3.63) is 41.0 Å². The topological polar surface area (TPSA) is 32.7 Å². The molecular weight excluding hydrogens is 322 g/mol. The maximum atomic E-state index is 10.7. The number of hydrogen-bond donors (Lipinski definition) is 1. The van der Waals surface area contributed by atoms with Crippen LogP contribution in [0.3, 0.4) is 0 Å². The average Bonchev–Trinajstić information content (AvgIpc) is 2.81. The molecule has 0 unspecified atom stereocenters. The molecule has 0 spiro atoms. The predicted octanol–water partition coefficient (Wildman–Crippen LogP) is 4.19. The van der Waals surface area contributed by atoms with Crippen molar-refractivity contribution < 1.29 is 9.84 Å². The lowest BCUT2D eigenvalue weighted by molar-refractivity contribution is -0.0625. The summed E-state index contributed by atoms with van der Waals surface area (Å²) in [5.41, 5.74) is 3.56. The molecule has 3 fully saturated rings. The Morgan fingerprint density at radius 1 is 1.04 bits per heavy atom. The Morgan fingerprint density at radius 3 is 2.50 bits per heavy atom. The molecule has 3 heteroatoms. The van der Waals surface area contributed by atoms with Gasteiger partial charge < -0.3 is 14.7 Å². The number of nitrogens with zero attached hydrogens (tertiary/aromatic N) is 1. The number of ether oxygens (including phenoxy) is 1.